The van der Waals surface area contributed by atoms with E-state index in [9.17, 15) is 19.8 Å². The molecule has 1 rings (SSSR count). The molecule has 1 amide bonds. The maximum absolute atomic E-state index is 12.0. The fraction of sp³-hybridized carbons (Fsp3) is 0.429. The Bertz CT molecular complexity index is 571. The van der Waals surface area contributed by atoms with Crippen molar-refractivity contribution in [1.82, 2.24) is 3.11 Å². The van der Waals surface area contributed by atoms with Crippen LogP contribution in [-0.2, 0) is 16.0 Å². The number of carbonyl (C=O) groups excluding carboxylic acids is 1. The second-order valence-electron chi connectivity index (χ2n) is 5.63. The van der Waals surface area contributed by atoms with Gasteiger partial charge in [-0.3, -0.25) is 0 Å². The van der Waals surface area contributed by atoms with Crippen molar-refractivity contribution in [2.24, 2.45) is 0 Å². The van der Waals surface area contributed by atoms with Crippen molar-refractivity contribution >= 4 is 57.5 Å². The van der Waals surface area contributed by atoms with E-state index in [0.717, 1.165) is 12.2 Å². The van der Waals surface area contributed by atoms with E-state index in [4.69, 9.17) is 4.74 Å². The van der Waals surface area contributed by atoms with Crippen LogP contribution in [0.3, 0.4) is 0 Å². The summed E-state index contributed by atoms with van der Waals surface area (Å²) in [5, 5.41) is 18.8. The number of phenols is 1. The van der Waals surface area contributed by atoms with Crippen LogP contribution in [0.15, 0.2) is 18.2 Å². The summed E-state index contributed by atoms with van der Waals surface area (Å²) < 4.78 is 6.98. The van der Waals surface area contributed by atoms with Crippen LogP contribution in [0.25, 0.3) is 0 Å². The molecule has 0 unspecified atom stereocenters. The molecule has 6 nitrogen and oxygen atoms in total. The third-order valence-corrected chi connectivity index (χ3v) is 4.65. The number of benzene rings is 1. The quantitative estimate of drug-likeness (QED) is 0.457. The van der Waals surface area contributed by atoms with Gasteiger partial charge in [0.1, 0.15) is 17.4 Å². The highest BCUT2D eigenvalue weighted by molar-refractivity contribution is 14.1. The number of phenolic OH excluding ortho intramolecular Hbond substituents is 1. The summed E-state index contributed by atoms with van der Waals surface area (Å²) in [4.78, 5) is 23.5. The Balaban J connectivity index is 2.94. The lowest BCUT2D eigenvalue weighted by Crippen LogP contribution is -2.42. The molecule has 0 fully saturated rings. The minimum Gasteiger partial charge on any atom is -0.508 e. The number of carboxylic acids is 1. The number of ether oxygens (including phenoxy) is 1. The first-order chi connectivity index (χ1) is 10.0. The summed E-state index contributed by atoms with van der Waals surface area (Å²) in [5.41, 5.74) is 0.0345. The lowest BCUT2D eigenvalue weighted by Gasteiger charge is -2.27. The molecule has 1 aromatic carbocycles. The monoisotopic (exact) mass is 533 g/mol. The average Bonchev–Trinajstić information content (AvgIpc) is 2.34. The molecule has 0 aliphatic carbocycles. The van der Waals surface area contributed by atoms with E-state index in [1.807, 2.05) is 22.6 Å². The van der Waals surface area contributed by atoms with Gasteiger partial charge in [-0.15, -0.1) is 0 Å². The summed E-state index contributed by atoms with van der Waals surface area (Å²) in [6.07, 6.45) is -0.579. The Morgan fingerprint density at radius 2 is 1.95 bits per heavy atom. The molecule has 0 saturated carbocycles. The van der Waals surface area contributed by atoms with E-state index >= 15 is 0 Å². The number of carboxylic acid groups (broad SMARTS) is 1. The molecule has 0 aromatic heterocycles. The van der Waals surface area contributed by atoms with Crippen LogP contribution in [0.4, 0.5) is 4.79 Å². The first kappa shape index (κ1) is 19.3. The Morgan fingerprint density at radius 1 is 1.36 bits per heavy atom. The largest absolute Gasteiger partial charge is 0.508 e. The molecule has 0 aliphatic rings. The topological polar surface area (TPSA) is 87.1 Å². The van der Waals surface area contributed by atoms with Crippen LogP contribution >= 0.6 is 45.5 Å². The van der Waals surface area contributed by atoms with Gasteiger partial charge >= 0.3 is 12.1 Å². The van der Waals surface area contributed by atoms with Crippen molar-refractivity contribution in [2.75, 3.05) is 0 Å². The normalized spacial score (nSPS) is 12.6. The smallest absolute Gasteiger partial charge is 0.419 e. The summed E-state index contributed by atoms with van der Waals surface area (Å²) >= 11 is 3.67. The minimum atomic E-state index is -1.12. The zero-order chi connectivity index (χ0) is 17.1. The molecule has 0 radical (unpaired) electrons. The van der Waals surface area contributed by atoms with Crippen LogP contribution in [-0.4, -0.2) is 37.0 Å². The highest BCUT2D eigenvalue weighted by Gasteiger charge is 2.32. The molecule has 1 atom stereocenters. The minimum absolute atomic E-state index is 0.110. The Morgan fingerprint density at radius 3 is 2.41 bits per heavy atom. The number of carbonyl (C=O) groups is 2. The Hall–Kier alpha value is -0.780. The van der Waals surface area contributed by atoms with Crippen molar-refractivity contribution in [3.8, 4) is 5.75 Å². The molecule has 2 N–H and O–H groups in total. The zero-order valence-electron chi connectivity index (χ0n) is 12.3. The van der Waals surface area contributed by atoms with Crippen LogP contribution in [0, 0.1) is 3.57 Å². The van der Waals surface area contributed by atoms with Crippen molar-refractivity contribution in [1.29, 1.82) is 0 Å². The summed E-state index contributed by atoms with van der Waals surface area (Å²) in [7, 11) is 0. The van der Waals surface area contributed by atoms with E-state index < -0.39 is 23.7 Å². The number of amides is 1. The molecule has 22 heavy (non-hydrogen) atoms. The second kappa shape index (κ2) is 7.66. The number of halogens is 2. The standard InChI is InChI=1S/C14H17I2NO5/c1-14(2,3)22-13(21)17(16)11(12(19)20)6-8-4-5-9(18)7-10(8)15/h4-5,7,11,18H,6H2,1-3H3,(H,19,20)/t11-/m0/s1. The summed E-state index contributed by atoms with van der Waals surface area (Å²) in [5.74, 6) is -1.01. The molecule has 1 aromatic rings. The molecule has 0 saturated heterocycles. The van der Waals surface area contributed by atoms with Crippen LogP contribution in [0.2, 0.25) is 0 Å². The number of aliphatic carboxylic acids is 1. The molecule has 0 spiro atoms. The fourth-order valence-electron chi connectivity index (χ4n) is 1.61. The fourth-order valence-corrected chi connectivity index (χ4v) is 2.86. The molecule has 0 bridgehead atoms. The van der Waals surface area contributed by atoms with Gasteiger partial charge in [-0.25, -0.2) is 12.7 Å². The third-order valence-electron chi connectivity index (χ3n) is 2.58. The highest BCUT2D eigenvalue weighted by atomic mass is 127. The van der Waals surface area contributed by atoms with Crippen molar-refractivity contribution < 1.29 is 24.5 Å². The van der Waals surface area contributed by atoms with E-state index in [-0.39, 0.29) is 12.2 Å². The SMILES string of the molecule is CC(C)(C)OC(=O)N(I)[C@@H](Cc1ccc(O)cc1I)C(=O)O. The molecular formula is C14H17I2NO5. The Kier molecular flexibility index (Phi) is 6.71. The maximum Gasteiger partial charge on any atom is 0.419 e. The van der Waals surface area contributed by atoms with Gasteiger partial charge in [0.15, 0.2) is 0 Å². The zero-order valence-corrected chi connectivity index (χ0v) is 16.7. The number of nitrogens with zero attached hydrogens (tertiary/aromatic N) is 1. The van der Waals surface area contributed by atoms with Crippen molar-refractivity contribution in [2.45, 2.75) is 38.8 Å². The van der Waals surface area contributed by atoms with Gasteiger partial charge < -0.3 is 14.9 Å². The van der Waals surface area contributed by atoms with Gasteiger partial charge in [-0.1, -0.05) is 6.07 Å². The van der Waals surface area contributed by atoms with Gasteiger partial charge in [0.2, 0.25) is 0 Å². The second-order valence-corrected chi connectivity index (χ2v) is 7.83. The molecule has 0 aliphatic heterocycles. The van der Waals surface area contributed by atoms with Gasteiger partial charge in [-0.05, 0) is 61.1 Å². The average molecular weight is 533 g/mol. The molecule has 0 heterocycles. The number of hydrogen-bond acceptors (Lipinski definition) is 4. The van der Waals surface area contributed by atoms with Gasteiger partial charge in [0, 0.05) is 9.99 Å². The first-order valence-corrected chi connectivity index (χ1v) is 8.44. The van der Waals surface area contributed by atoms with Crippen LogP contribution in [0.1, 0.15) is 26.3 Å². The molecular weight excluding hydrogens is 516 g/mol. The van der Waals surface area contributed by atoms with Gasteiger partial charge in [-0.2, -0.15) is 0 Å². The molecule has 8 heteroatoms. The lowest BCUT2D eigenvalue weighted by atomic mass is 10.1. The predicted octanol–water partition coefficient (Wildman–Crippen LogP) is 3.58. The van der Waals surface area contributed by atoms with E-state index in [1.54, 1.807) is 55.8 Å². The number of rotatable bonds is 4. The predicted molar refractivity (Wildman–Crippen MR) is 98.0 cm³/mol. The van der Waals surface area contributed by atoms with Crippen LogP contribution in [0.5, 0.6) is 5.75 Å². The first-order valence-electron chi connectivity index (χ1n) is 6.39. The lowest BCUT2D eigenvalue weighted by molar-refractivity contribution is -0.140. The summed E-state index contributed by atoms with van der Waals surface area (Å²) in [6, 6.07) is 3.61. The van der Waals surface area contributed by atoms with E-state index in [2.05, 4.69) is 0 Å². The van der Waals surface area contributed by atoms with Gasteiger partial charge in [0.05, 0.1) is 22.9 Å². The summed E-state index contributed by atoms with van der Waals surface area (Å²) in [6.45, 7) is 5.15. The van der Waals surface area contributed by atoms with Crippen LogP contribution < -0.4 is 0 Å². The highest BCUT2D eigenvalue weighted by Crippen LogP contribution is 2.23. The van der Waals surface area contributed by atoms with Crippen molar-refractivity contribution in [3.63, 3.8) is 0 Å². The third kappa shape index (κ3) is 5.78. The Labute approximate surface area is 156 Å². The number of hydrogen-bond donors (Lipinski definition) is 2. The van der Waals surface area contributed by atoms with E-state index in [1.165, 1.54) is 6.07 Å². The van der Waals surface area contributed by atoms with Crippen molar-refractivity contribution in [3.05, 3.63) is 27.3 Å². The molecule has 122 valence electrons. The maximum atomic E-state index is 12.0. The van der Waals surface area contributed by atoms with E-state index in [0.29, 0.717) is 0 Å². The number of aromatic hydroxyl groups is 1. The van der Waals surface area contributed by atoms with Gasteiger partial charge in [0.25, 0.3) is 0 Å².